The largest absolute Gasteiger partial charge is 0.348 e. The molecule has 0 spiro atoms. The van der Waals surface area contributed by atoms with Crippen LogP contribution in [0.25, 0.3) is 22.3 Å². The summed E-state index contributed by atoms with van der Waals surface area (Å²) in [7, 11) is -3.15. The van der Waals surface area contributed by atoms with Gasteiger partial charge in [-0.2, -0.15) is 5.10 Å². The van der Waals surface area contributed by atoms with Crippen LogP contribution in [0.3, 0.4) is 0 Å². The van der Waals surface area contributed by atoms with E-state index < -0.39 is 9.84 Å². The maximum atomic E-state index is 13.5. The normalized spacial score (nSPS) is 17.2. The van der Waals surface area contributed by atoms with Gasteiger partial charge in [0.15, 0.2) is 15.5 Å². The zero-order valence-electron chi connectivity index (χ0n) is 18.4. The van der Waals surface area contributed by atoms with Crippen LogP contribution in [-0.4, -0.2) is 45.6 Å². The SMILES string of the molecule is Cc1nn(C2CCS(=O)(=O)C2)c2nc(-c3ccc(F)cc3)cc(C(=O)NCc3ccncc3)c12. The predicted octanol–water partition coefficient (Wildman–Crippen LogP) is 3.23. The van der Waals surface area contributed by atoms with E-state index in [0.29, 0.717) is 46.5 Å². The Hall–Kier alpha value is -3.66. The molecule has 0 saturated carbocycles. The van der Waals surface area contributed by atoms with Crippen molar-refractivity contribution in [2.75, 3.05) is 11.5 Å². The first kappa shape index (κ1) is 22.1. The highest BCUT2D eigenvalue weighted by molar-refractivity contribution is 7.91. The molecular formula is C24H22FN5O3S. The summed E-state index contributed by atoms with van der Waals surface area (Å²) < 4.78 is 39.3. The lowest BCUT2D eigenvalue weighted by Gasteiger charge is -2.12. The van der Waals surface area contributed by atoms with Crippen LogP contribution in [-0.2, 0) is 16.4 Å². The van der Waals surface area contributed by atoms with Crippen LogP contribution in [0.1, 0.15) is 34.1 Å². The fourth-order valence-electron chi connectivity index (χ4n) is 4.26. The molecule has 0 radical (unpaired) electrons. The fourth-order valence-corrected chi connectivity index (χ4v) is 5.95. The third kappa shape index (κ3) is 4.28. The summed E-state index contributed by atoms with van der Waals surface area (Å²) in [6.07, 6.45) is 3.75. The Kier molecular flexibility index (Phi) is 5.60. The number of halogens is 1. The minimum absolute atomic E-state index is 0.0186. The second kappa shape index (κ2) is 8.60. The molecule has 0 aliphatic carbocycles. The van der Waals surface area contributed by atoms with Gasteiger partial charge in [-0.1, -0.05) is 0 Å². The lowest BCUT2D eigenvalue weighted by molar-refractivity contribution is 0.0952. The molecule has 3 aromatic heterocycles. The van der Waals surface area contributed by atoms with E-state index in [-0.39, 0.29) is 29.3 Å². The van der Waals surface area contributed by atoms with Gasteiger partial charge in [0.2, 0.25) is 0 Å². The van der Waals surface area contributed by atoms with Gasteiger partial charge in [-0.15, -0.1) is 0 Å². The van der Waals surface area contributed by atoms with Crippen molar-refractivity contribution in [1.29, 1.82) is 0 Å². The number of aromatic nitrogens is 4. The van der Waals surface area contributed by atoms with E-state index in [2.05, 4.69) is 15.4 Å². The molecule has 174 valence electrons. The van der Waals surface area contributed by atoms with Crippen molar-refractivity contribution in [3.63, 3.8) is 0 Å². The molecule has 5 rings (SSSR count). The summed E-state index contributed by atoms with van der Waals surface area (Å²) in [5.41, 5.74) is 3.42. The number of pyridine rings is 2. The van der Waals surface area contributed by atoms with Crippen molar-refractivity contribution in [3.05, 3.63) is 77.5 Å². The van der Waals surface area contributed by atoms with Crippen LogP contribution in [0.2, 0.25) is 0 Å². The van der Waals surface area contributed by atoms with Crippen LogP contribution >= 0.6 is 0 Å². The molecule has 1 atom stereocenters. The van der Waals surface area contributed by atoms with Gasteiger partial charge in [-0.3, -0.25) is 9.78 Å². The summed E-state index contributed by atoms with van der Waals surface area (Å²) in [6.45, 7) is 2.09. The maximum absolute atomic E-state index is 13.5. The first-order valence-electron chi connectivity index (χ1n) is 10.8. The Labute approximate surface area is 195 Å². The van der Waals surface area contributed by atoms with Gasteiger partial charge in [-0.05, 0) is 61.4 Å². The summed E-state index contributed by atoms with van der Waals surface area (Å²) in [4.78, 5) is 22.0. The molecule has 1 amide bonds. The highest BCUT2D eigenvalue weighted by atomic mass is 32.2. The lowest BCUT2D eigenvalue weighted by Crippen LogP contribution is -2.23. The number of aryl methyl sites for hydroxylation is 1. The van der Waals surface area contributed by atoms with Crippen molar-refractivity contribution in [3.8, 4) is 11.3 Å². The molecule has 1 fully saturated rings. The summed E-state index contributed by atoms with van der Waals surface area (Å²) in [5, 5.41) is 8.09. The molecule has 8 nitrogen and oxygen atoms in total. The number of amides is 1. The molecule has 1 unspecified atom stereocenters. The van der Waals surface area contributed by atoms with Crippen LogP contribution in [0, 0.1) is 12.7 Å². The Balaban J connectivity index is 1.62. The average molecular weight is 480 g/mol. The molecule has 34 heavy (non-hydrogen) atoms. The summed E-state index contributed by atoms with van der Waals surface area (Å²) in [6, 6.07) is 10.8. The number of carbonyl (C=O) groups excluding carboxylic acids is 1. The van der Waals surface area contributed by atoms with Gasteiger partial charge in [-0.25, -0.2) is 22.5 Å². The first-order valence-corrected chi connectivity index (χ1v) is 12.7. The zero-order chi connectivity index (χ0) is 23.9. The van der Waals surface area contributed by atoms with E-state index in [1.54, 1.807) is 42.2 Å². The molecule has 0 bridgehead atoms. The minimum atomic E-state index is -3.15. The molecule has 4 heterocycles. The predicted molar refractivity (Wildman–Crippen MR) is 125 cm³/mol. The van der Waals surface area contributed by atoms with E-state index in [0.717, 1.165) is 5.56 Å². The van der Waals surface area contributed by atoms with Crippen LogP contribution < -0.4 is 5.32 Å². The Bertz CT molecular complexity index is 1480. The van der Waals surface area contributed by atoms with Gasteiger partial charge >= 0.3 is 0 Å². The van der Waals surface area contributed by atoms with E-state index >= 15 is 0 Å². The van der Waals surface area contributed by atoms with Gasteiger partial charge in [0, 0.05) is 24.5 Å². The van der Waals surface area contributed by atoms with Crippen molar-refractivity contribution in [1.82, 2.24) is 25.1 Å². The number of nitrogens with zero attached hydrogens (tertiary/aromatic N) is 4. The second-order valence-corrected chi connectivity index (χ2v) is 10.6. The second-order valence-electron chi connectivity index (χ2n) is 8.39. The first-order chi connectivity index (χ1) is 16.3. The number of sulfone groups is 1. The van der Waals surface area contributed by atoms with E-state index in [9.17, 15) is 17.6 Å². The Morgan fingerprint density at radius 3 is 2.59 bits per heavy atom. The number of hydrogen-bond donors (Lipinski definition) is 1. The van der Waals surface area contributed by atoms with E-state index in [4.69, 9.17) is 4.98 Å². The number of hydrogen-bond acceptors (Lipinski definition) is 6. The number of rotatable bonds is 5. The molecule has 1 aliphatic rings. The van der Waals surface area contributed by atoms with Crippen LogP contribution in [0.4, 0.5) is 4.39 Å². The van der Waals surface area contributed by atoms with Crippen LogP contribution in [0.15, 0.2) is 54.9 Å². The molecule has 1 aliphatic heterocycles. The molecule has 10 heteroatoms. The summed E-state index contributed by atoms with van der Waals surface area (Å²) >= 11 is 0. The molecule has 1 saturated heterocycles. The van der Waals surface area contributed by atoms with Crippen molar-refractivity contribution >= 4 is 26.8 Å². The Morgan fingerprint density at radius 2 is 1.91 bits per heavy atom. The third-order valence-electron chi connectivity index (χ3n) is 5.98. The van der Waals surface area contributed by atoms with E-state index in [1.165, 1.54) is 12.1 Å². The molecular weight excluding hydrogens is 457 g/mol. The lowest BCUT2D eigenvalue weighted by atomic mass is 10.0. The molecule has 1 N–H and O–H groups in total. The van der Waals surface area contributed by atoms with Gasteiger partial charge in [0.25, 0.3) is 5.91 Å². The van der Waals surface area contributed by atoms with Crippen molar-refractivity contribution < 1.29 is 17.6 Å². The number of benzene rings is 1. The fraction of sp³-hybridized carbons (Fsp3) is 0.250. The number of carbonyl (C=O) groups is 1. The zero-order valence-corrected chi connectivity index (χ0v) is 19.2. The standard InChI is InChI=1S/C24H22FN5O3S/c1-15-22-20(24(31)27-13-16-6-9-26-10-7-16)12-21(17-2-4-18(25)5-3-17)28-23(22)30(29-15)19-8-11-34(32,33)14-19/h2-7,9-10,12,19H,8,11,13-14H2,1H3,(H,27,31). The molecule has 4 aromatic rings. The van der Waals surface area contributed by atoms with Crippen LogP contribution in [0.5, 0.6) is 0 Å². The number of fused-ring (bicyclic) bond motifs is 1. The molecule has 1 aromatic carbocycles. The highest BCUT2D eigenvalue weighted by Gasteiger charge is 2.32. The Morgan fingerprint density at radius 1 is 1.18 bits per heavy atom. The van der Waals surface area contributed by atoms with Gasteiger partial charge in [0.05, 0.1) is 39.9 Å². The minimum Gasteiger partial charge on any atom is -0.348 e. The topological polar surface area (TPSA) is 107 Å². The third-order valence-corrected chi connectivity index (χ3v) is 7.73. The highest BCUT2D eigenvalue weighted by Crippen LogP contribution is 2.32. The summed E-state index contributed by atoms with van der Waals surface area (Å²) in [5.74, 6) is -0.615. The van der Waals surface area contributed by atoms with Gasteiger partial charge < -0.3 is 5.32 Å². The maximum Gasteiger partial charge on any atom is 0.252 e. The van der Waals surface area contributed by atoms with Gasteiger partial charge in [0.1, 0.15) is 5.82 Å². The quantitative estimate of drug-likeness (QED) is 0.471. The smallest absolute Gasteiger partial charge is 0.252 e. The van der Waals surface area contributed by atoms with Crippen molar-refractivity contribution in [2.45, 2.75) is 25.9 Å². The van der Waals surface area contributed by atoms with E-state index in [1.807, 2.05) is 12.1 Å². The average Bonchev–Trinajstić information content (AvgIpc) is 3.36. The monoisotopic (exact) mass is 479 g/mol. The number of nitrogens with one attached hydrogen (secondary N) is 1. The van der Waals surface area contributed by atoms with Crippen molar-refractivity contribution in [2.24, 2.45) is 0 Å².